The van der Waals surface area contributed by atoms with E-state index in [4.69, 9.17) is 0 Å². The van der Waals surface area contributed by atoms with E-state index in [2.05, 4.69) is 39.9 Å². The van der Waals surface area contributed by atoms with Gasteiger partial charge in [0.1, 0.15) is 0 Å². The van der Waals surface area contributed by atoms with E-state index in [0.29, 0.717) is 5.41 Å². The van der Waals surface area contributed by atoms with Crippen LogP contribution in [0.3, 0.4) is 0 Å². The smallest absolute Gasteiger partial charge is 0.000750 e. The van der Waals surface area contributed by atoms with Gasteiger partial charge in [-0.2, -0.15) is 0 Å². The standard InChI is InChI=1S/C11H25N/c1-6-8-12-9-11(5,7-2)10(3)4/h10,12H,6-9H2,1-5H3. The number of hydrogen-bond donors (Lipinski definition) is 1. The minimum absolute atomic E-state index is 0.481. The van der Waals surface area contributed by atoms with Crippen LogP contribution in [0.4, 0.5) is 0 Å². The van der Waals surface area contributed by atoms with Gasteiger partial charge in [0, 0.05) is 6.54 Å². The number of hydrogen-bond acceptors (Lipinski definition) is 1. The first-order chi connectivity index (χ1) is 5.56. The zero-order valence-electron chi connectivity index (χ0n) is 9.41. The molecular formula is C11H25N. The lowest BCUT2D eigenvalue weighted by molar-refractivity contribution is 0.200. The first-order valence-corrected chi connectivity index (χ1v) is 5.27. The molecule has 1 heteroatoms. The highest BCUT2D eigenvalue weighted by Crippen LogP contribution is 2.29. The summed E-state index contributed by atoms with van der Waals surface area (Å²) in [4.78, 5) is 0. The van der Waals surface area contributed by atoms with Crippen molar-refractivity contribution in [1.82, 2.24) is 5.32 Å². The average Bonchev–Trinajstić information content (AvgIpc) is 2.04. The van der Waals surface area contributed by atoms with Crippen molar-refractivity contribution in [3.8, 4) is 0 Å². The van der Waals surface area contributed by atoms with Crippen LogP contribution in [0.25, 0.3) is 0 Å². The van der Waals surface area contributed by atoms with Gasteiger partial charge in [0.15, 0.2) is 0 Å². The van der Waals surface area contributed by atoms with E-state index in [1.807, 2.05) is 0 Å². The fourth-order valence-corrected chi connectivity index (χ4v) is 1.29. The highest BCUT2D eigenvalue weighted by atomic mass is 14.9. The molecule has 0 bridgehead atoms. The second-order valence-corrected chi connectivity index (χ2v) is 4.34. The second kappa shape index (κ2) is 5.58. The summed E-state index contributed by atoms with van der Waals surface area (Å²) >= 11 is 0. The summed E-state index contributed by atoms with van der Waals surface area (Å²) in [5.74, 6) is 0.770. The molecule has 0 fully saturated rings. The van der Waals surface area contributed by atoms with Crippen molar-refractivity contribution in [2.24, 2.45) is 11.3 Å². The van der Waals surface area contributed by atoms with Crippen LogP contribution >= 0.6 is 0 Å². The molecule has 74 valence electrons. The Morgan fingerprint density at radius 3 is 2.17 bits per heavy atom. The molecule has 0 aromatic carbocycles. The topological polar surface area (TPSA) is 12.0 Å². The van der Waals surface area contributed by atoms with Gasteiger partial charge >= 0.3 is 0 Å². The first-order valence-electron chi connectivity index (χ1n) is 5.27. The highest BCUT2D eigenvalue weighted by Gasteiger charge is 2.25. The molecule has 0 saturated heterocycles. The maximum atomic E-state index is 3.51. The van der Waals surface area contributed by atoms with Crippen molar-refractivity contribution < 1.29 is 0 Å². The van der Waals surface area contributed by atoms with E-state index >= 15 is 0 Å². The Labute approximate surface area is 77.9 Å². The van der Waals surface area contributed by atoms with Crippen LogP contribution in [0, 0.1) is 11.3 Å². The fourth-order valence-electron chi connectivity index (χ4n) is 1.29. The predicted molar refractivity (Wildman–Crippen MR) is 56.4 cm³/mol. The molecule has 0 amide bonds. The van der Waals surface area contributed by atoms with Crippen LogP contribution in [0.2, 0.25) is 0 Å². The largest absolute Gasteiger partial charge is 0.316 e. The van der Waals surface area contributed by atoms with Crippen LogP contribution in [0.15, 0.2) is 0 Å². The summed E-state index contributed by atoms with van der Waals surface area (Å²) in [5, 5.41) is 3.51. The quantitative estimate of drug-likeness (QED) is 0.606. The van der Waals surface area contributed by atoms with Crippen LogP contribution < -0.4 is 5.32 Å². The van der Waals surface area contributed by atoms with Gasteiger partial charge in [-0.3, -0.25) is 0 Å². The van der Waals surface area contributed by atoms with Crippen molar-refractivity contribution in [3.63, 3.8) is 0 Å². The Balaban J connectivity index is 3.80. The lowest BCUT2D eigenvalue weighted by Gasteiger charge is -2.33. The normalized spacial score (nSPS) is 16.5. The third-order valence-corrected chi connectivity index (χ3v) is 3.16. The number of rotatable bonds is 6. The lowest BCUT2D eigenvalue weighted by atomic mass is 9.77. The van der Waals surface area contributed by atoms with Crippen molar-refractivity contribution in [3.05, 3.63) is 0 Å². The van der Waals surface area contributed by atoms with Gasteiger partial charge in [0.25, 0.3) is 0 Å². The van der Waals surface area contributed by atoms with Crippen LogP contribution in [-0.4, -0.2) is 13.1 Å². The summed E-state index contributed by atoms with van der Waals surface area (Å²) in [7, 11) is 0. The Kier molecular flexibility index (Phi) is 5.56. The van der Waals surface area contributed by atoms with Gasteiger partial charge in [-0.1, -0.05) is 34.6 Å². The molecule has 1 atom stereocenters. The van der Waals surface area contributed by atoms with Crippen molar-refractivity contribution in [2.45, 2.75) is 47.5 Å². The maximum absolute atomic E-state index is 3.51. The Hall–Kier alpha value is -0.0400. The Morgan fingerprint density at radius 2 is 1.83 bits per heavy atom. The second-order valence-electron chi connectivity index (χ2n) is 4.34. The summed E-state index contributed by atoms with van der Waals surface area (Å²) in [6, 6.07) is 0. The SMILES string of the molecule is CCCNCC(C)(CC)C(C)C. The molecule has 1 nitrogen and oxygen atoms in total. The van der Waals surface area contributed by atoms with E-state index in [9.17, 15) is 0 Å². The molecule has 0 aromatic heterocycles. The average molecular weight is 171 g/mol. The molecule has 0 aliphatic rings. The Bertz CT molecular complexity index is 110. The van der Waals surface area contributed by atoms with E-state index < -0.39 is 0 Å². The molecule has 0 spiro atoms. The van der Waals surface area contributed by atoms with E-state index in [1.165, 1.54) is 12.8 Å². The summed E-state index contributed by atoms with van der Waals surface area (Å²) in [6.45, 7) is 13.8. The lowest BCUT2D eigenvalue weighted by Crippen LogP contribution is -2.35. The van der Waals surface area contributed by atoms with Crippen LogP contribution in [0.1, 0.15) is 47.5 Å². The third kappa shape index (κ3) is 3.57. The van der Waals surface area contributed by atoms with Crippen LogP contribution in [-0.2, 0) is 0 Å². The molecule has 0 rings (SSSR count). The minimum Gasteiger partial charge on any atom is -0.316 e. The molecule has 12 heavy (non-hydrogen) atoms. The number of nitrogens with one attached hydrogen (secondary N) is 1. The zero-order valence-corrected chi connectivity index (χ0v) is 9.41. The molecule has 0 saturated carbocycles. The maximum Gasteiger partial charge on any atom is 0.000750 e. The molecule has 0 aliphatic heterocycles. The summed E-state index contributed by atoms with van der Waals surface area (Å²) in [6.07, 6.45) is 2.50. The van der Waals surface area contributed by atoms with Gasteiger partial charge in [0.2, 0.25) is 0 Å². The molecule has 0 radical (unpaired) electrons. The van der Waals surface area contributed by atoms with Crippen molar-refractivity contribution >= 4 is 0 Å². The molecule has 0 aliphatic carbocycles. The van der Waals surface area contributed by atoms with Crippen molar-refractivity contribution in [1.29, 1.82) is 0 Å². The fraction of sp³-hybridized carbons (Fsp3) is 1.00. The van der Waals surface area contributed by atoms with E-state index in [1.54, 1.807) is 0 Å². The van der Waals surface area contributed by atoms with Gasteiger partial charge < -0.3 is 5.32 Å². The monoisotopic (exact) mass is 171 g/mol. The van der Waals surface area contributed by atoms with E-state index in [-0.39, 0.29) is 0 Å². The van der Waals surface area contributed by atoms with Gasteiger partial charge in [-0.15, -0.1) is 0 Å². The summed E-state index contributed by atoms with van der Waals surface area (Å²) in [5.41, 5.74) is 0.481. The van der Waals surface area contributed by atoms with E-state index in [0.717, 1.165) is 19.0 Å². The predicted octanol–water partition coefficient (Wildman–Crippen LogP) is 3.06. The molecule has 1 unspecified atom stereocenters. The highest BCUT2D eigenvalue weighted by molar-refractivity contribution is 4.78. The first kappa shape index (κ1) is 12.0. The van der Waals surface area contributed by atoms with Crippen molar-refractivity contribution in [2.75, 3.05) is 13.1 Å². The van der Waals surface area contributed by atoms with Gasteiger partial charge in [-0.25, -0.2) is 0 Å². The molecular weight excluding hydrogens is 146 g/mol. The molecule has 1 N–H and O–H groups in total. The third-order valence-electron chi connectivity index (χ3n) is 3.16. The minimum atomic E-state index is 0.481. The van der Waals surface area contributed by atoms with Gasteiger partial charge in [0.05, 0.1) is 0 Å². The zero-order chi connectivity index (χ0) is 9.61. The summed E-state index contributed by atoms with van der Waals surface area (Å²) < 4.78 is 0. The van der Waals surface area contributed by atoms with Crippen LogP contribution in [0.5, 0.6) is 0 Å². The molecule has 0 heterocycles. The van der Waals surface area contributed by atoms with Gasteiger partial charge in [-0.05, 0) is 30.7 Å². The Morgan fingerprint density at radius 1 is 1.25 bits per heavy atom. The molecule has 0 aromatic rings.